The Balaban J connectivity index is 1.73. The SMILES string of the molecule is CCOC(=O)c1cnn(-c2cccc(NC(=O)N3CCC[C@H]3CCCO)c2)c1C. The predicted molar refractivity (Wildman–Crippen MR) is 109 cm³/mol. The number of carbonyl (C=O) groups is 2. The molecule has 8 heteroatoms. The minimum atomic E-state index is -0.399. The molecule has 0 unspecified atom stereocenters. The van der Waals surface area contributed by atoms with Crippen molar-refractivity contribution in [2.24, 2.45) is 0 Å². The van der Waals surface area contributed by atoms with Crippen molar-refractivity contribution in [3.63, 3.8) is 0 Å². The van der Waals surface area contributed by atoms with Crippen LogP contribution in [-0.4, -0.2) is 57.6 Å². The molecule has 0 aliphatic carbocycles. The molecule has 8 nitrogen and oxygen atoms in total. The maximum Gasteiger partial charge on any atom is 0.341 e. The van der Waals surface area contributed by atoms with Crippen molar-refractivity contribution in [2.75, 3.05) is 25.1 Å². The average Bonchev–Trinajstić information content (AvgIpc) is 3.33. The van der Waals surface area contributed by atoms with E-state index in [-0.39, 0.29) is 18.7 Å². The van der Waals surface area contributed by atoms with E-state index in [1.165, 1.54) is 6.20 Å². The van der Waals surface area contributed by atoms with Crippen LogP contribution in [0.2, 0.25) is 0 Å². The van der Waals surface area contributed by atoms with Gasteiger partial charge in [-0.1, -0.05) is 6.07 Å². The Kier molecular flexibility index (Phi) is 6.87. The number of carbonyl (C=O) groups excluding carboxylic acids is 2. The van der Waals surface area contributed by atoms with Gasteiger partial charge in [0.25, 0.3) is 0 Å². The van der Waals surface area contributed by atoms with Crippen molar-refractivity contribution in [1.82, 2.24) is 14.7 Å². The van der Waals surface area contributed by atoms with Crippen LogP contribution in [-0.2, 0) is 4.74 Å². The molecular weight excluding hydrogens is 372 g/mol. The third kappa shape index (κ3) is 4.76. The van der Waals surface area contributed by atoms with Gasteiger partial charge in [-0.3, -0.25) is 0 Å². The summed E-state index contributed by atoms with van der Waals surface area (Å²) in [5.74, 6) is -0.399. The number of amides is 2. The van der Waals surface area contributed by atoms with Gasteiger partial charge in [-0.05, 0) is 57.7 Å². The van der Waals surface area contributed by atoms with E-state index in [1.807, 2.05) is 29.2 Å². The molecule has 1 atom stereocenters. The predicted octanol–water partition coefficient (Wildman–Crippen LogP) is 3.13. The molecule has 3 rings (SSSR count). The molecule has 0 saturated carbocycles. The molecule has 1 aromatic carbocycles. The van der Waals surface area contributed by atoms with E-state index in [2.05, 4.69) is 10.4 Å². The molecule has 29 heavy (non-hydrogen) atoms. The highest BCUT2D eigenvalue weighted by molar-refractivity contribution is 5.91. The number of urea groups is 1. The summed E-state index contributed by atoms with van der Waals surface area (Å²) >= 11 is 0. The maximum absolute atomic E-state index is 12.7. The third-order valence-electron chi connectivity index (χ3n) is 5.18. The second kappa shape index (κ2) is 9.56. The molecule has 0 radical (unpaired) electrons. The molecule has 1 aliphatic rings. The van der Waals surface area contributed by atoms with E-state index in [9.17, 15) is 9.59 Å². The van der Waals surface area contributed by atoms with Gasteiger partial charge in [-0.15, -0.1) is 0 Å². The van der Waals surface area contributed by atoms with Gasteiger partial charge >= 0.3 is 12.0 Å². The Hall–Kier alpha value is -2.87. The highest BCUT2D eigenvalue weighted by Gasteiger charge is 2.28. The largest absolute Gasteiger partial charge is 0.462 e. The van der Waals surface area contributed by atoms with Crippen LogP contribution >= 0.6 is 0 Å². The number of likely N-dealkylation sites (tertiary alicyclic amines) is 1. The Labute approximate surface area is 170 Å². The van der Waals surface area contributed by atoms with Gasteiger partial charge in [0.1, 0.15) is 5.56 Å². The number of aliphatic hydroxyl groups is 1. The van der Waals surface area contributed by atoms with E-state index in [1.54, 1.807) is 18.5 Å². The smallest absolute Gasteiger partial charge is 0.341 e. The van der Waals surface area contributed by atoms with Crippen LogP contribution in [0, 0.1) is 6.92 Å². The first kappa shape index (κ1) is 20.9. The molecule has 2 amide bonds. The second-order valence-corrected chi connectivity index (χ2v) is 7.11. The van der Waals surface area contributed by atoms with Crippen LogP contribution in [0.4, 0.5) is 10.5 Å². The minimum absolute atomic E-state index is 0.132. The van der Waals surface area contributed by atoms with Crippen molar-refractivity contribution in [2.45, 2.75) is 45.6 Å². The zero-order valence-electron chi connectivity index (χ0n) is 16.9. The number of ether oxygens (including phenoxy) is 1. The lowest BCUT2D eigenvalue weighted by atomic mass is 10.1. The number of rotatable bonds is 7. The van der Waals surface area contributed by atoms with E-state index in [4.69, 9.17) is 9.84 Å². The first-order valence-electron chi connectivity index (χ1n) is 10.1. The molecule has 1 aromatic heterocycles. The molecular formula is C21H28N4O4. The van der Waals surface area contributed by atoms with Crippen molar-refractivity contribution in [3.05, 3.63) is 41.7 Å². The normalized spacial score (nSPS) is 16.1. The van der Waals surface area contributed by atoms with Gasteiger partial charge in [-0.2, -0.15) is 5.10 Å². The monoisotopic (exact) mass is 400 g/mol. The summed E-state index contributed by atoms with van der Waals surface area (Å²) in [7, 11) is 0. The summed E-state index contributed by atoms with van der Waals surface area (Å²) in [6.45, 7) is 4.74. The molecule has 0 spiro atoms. The number of anilines is 1. The number of aliphatic hydroxyl groups excluding tert-OH is 1. The molecule has 1 saturated heterocycles. The highest BCUT2D eigenvalue weighted by atomic mass is 16.5. The van der Waals surface area contributed by atoms with Gasteiger partial charge in [0.15, 0.2) is 0 Å². The number of nitrogens with one attached hydrogen (secondary N) is 1. The molecule has 0 bridgehead atoms. The number of hydrogen-bond acceptors (Lipinski definition) is 5. The van der Waals surface area contributed by atoms with Crippen LogP contribution < -0.4 is 5.32 Å². The lowest BCUT2D eigenvalue weighted by molar-refractivity contribution is 0.0525. The van der Waals surface area contributed by atoms with Gasteiger partial charge in [0.05, 0.1) is 24.2 Å². The van der Waals surface area contributed by atoms with Crippen LogP contribution in [0.1, 0.15) is 48.7 Å². The Morgan fingerprint density at radius 1 is 1.38 bits per heavy atom. The van der Waals surface area contributed by atoms with Crippen molar-refractivity contribution >= 4 is 17.7 Å². The summed E-state index contributed by atoms with van der Waals surface area (Å²) in [6, 6.07) is 7.39. The Bertz CT molecular complexity index is 864. The first-order chi connectivity index (χ1) is 14.0. The van der Waals surface area contributed by atoms with Crippen LogP contribution in [0.3, 0.4) is 0 Å². The lowest BCUT2D eigenvalue weighted by Gasteiger charge is -2.25. The Morgan fingerprint density at radius 3 is 2.97 bits per heavy atom. The van der Waals surface area contributed by atoms with Crippen molar-refractivity contribution in [3.8, 4) is 5.69 Å². The topological polar surface area (TPSA) is 96.7 Å². The minimum Gasteiger partial charge on any atom is -0.462 e. The molecule has 1 fully saturated rings. The van der Waals surface area contributed by atoms with E-state index in [0.29, 0.717) is 30.0 Å². The van der Waals surface area contributed by atoms with Gasteiger partial charge in [-0.25, -0.2) is 14.3 Å². The number of benzene rings is 1. The molecule has 156 valence electrons. The summed E-state index contributed by atoms with van der Waals surface area (Å²) in [6.07, 6.45) is 4.95. The maximum atomic E-state index is 12.7. The molecule has 1 aliphatic heterocycles. The second-order valence-electron chi connectivity index (χ2n) is 7.11. The zero-order chi connectivity index (χ0) is 20.8. The third-order valence-corrected chi connectivity index (χ3v) is 5.18. The van der Waals surface area contributed by atoms with E-state index >= 15 is 0 Å². The molecule has 2 heterocycles. The summed E-state index contributed by atoms with van der Waals surface area (Å²) in [5.41, 5.74) is 2.50. The van der Waals surface area contributed by atoms with Gasteiger partial charge < -0.3 is 20.1 Å². The van der Waals surface area contributed by atoms with Crippen LogP contribution in [0.5, 0.6) is 0 Å². The van der Waals surface area contributed by atoms with Crippen molar-refractivity contribution < 1.29 is 19.4 Å². The summed E-state index contributed by atoms with van der Waals surface area (Å²) < 4.78 is 6.71. The van der Waals surface area contributed by atoms with Crippen LogP contribution in [0.15, 0.2) is 30.5 Å². The number of esters is 1. The van der Waals surface area contributed by atoms with Gasteiger partial charge in [0.2, 0.25) is 0 Å². The average molecular weight is 400 g/mol. The summed E-state index contributed by atoms with van der Waals surface area (Å²) in [4.78, 5) is 26.6. The molecule has 2 aromatic rings. The molecule has 2 N–H and O–H groups in total. The Morgan fingerprint density at radius 2 is 2.21 bits per heavy atom. The number of aromatic nitrogens is 2. The lowest BCUT2D eigenvalue weighted by Crippen LogP contribution is -2.38. The van der Waals surface area contributed by atoms with Crippen molar-refractivity contribution in [1.29, 1.82) is 0 Å². The first-order valence-corrected chi connectivity index (χ1v) is 10.1. The zero-order valence-corrected chi connectivity index (χ0v) is 16.9. The fourth-order valence-electron chi connectivity index (χ4n) is 3.72. The fourth-order valence-corrected chi connectivity index (χ4v) is 3.72. The van der Waals surface area contributed by atoms with Gasteiger partial charge in [0, 0.05) is 24.9 Å². The summed E-state index contributed by atoms with van der Waals surface area (Å²) in [5, 5.41) is 16.3. The van der Waals surface area contributed by atoms with E-state index in [0.717, 1.165) is 31.5 Å². The van der Waals surface area contributed by atoms with Crippen LogP contribution in [0.25, 0.3) is 5.69 Å². The number of nitrogens with zero attached hydrogens (tertiary/aromatic N) is 3. The highest BCUT2D eigenvalue weighted by Crippen LogP contribution is 2.23. The number of hydrogen-bond donors (Lipinski definition) is 2. The fraction of sp³-hybridized carbons (Fsp3) is 0.476. The van der Waals surface area contributed by atoms with E-state index < -0.39 is 5.97 Å². The standard InChI is InChI=1S/C21H28N4O4/c1-3-29-20(27)19-14-22-25(15(19)2)18-8-4-7-16(13-18)23-21(28)24-11-5-9-17(24)10-6-12-26/h4,7-8,13-14,17,26H,3,5-6,9-12H2,1-2H3,(H,23,28)/t17-/m0/s1. The quantitative estimate of drug-likeness (QED) is 0.696.